The minimum atomic E-state index is -1.05. The van der Waals surface area contributed by atoms with Crippen molar-refractivity contribution in [3.05, 3.63) is 47.7 Å². The Morgan fingerprint density at radius 3 is 3.00 bits per heavy atom. The molecule has 1 aliphatic rings. The summed E-state index contributed by atoms with van der Waals surface area (Å²) in [5, 5.41) is 12.1. The highest BCUT2D eigenvalue weighted by Crippen LogP contribution is 2.34. The van der Waals surface area contributed by atoms with Crippen LogP contribution in [0.1, 0.15) is 22.0 Å². The Balaban J connectivity index is 1.84. The molecular weight excluding hydrogens is 258 g/mol. The number of nitrogens with zero attached hydrogens (tertiary/aromatic N) is 1. The zero-order valence-electron chi connectivity index (χ0n) is 10.5. The van der Waals surface area contributed by atoms with Crippen LogP contribution in [-0.4, -0.2) is 22.7 Å². The highest BCUT2D eigenvalue weighted by Gasteiger charge is 2.24. The molecule has 20 heavy (non-hydrogen) atoms. The number of nitrogens with one attached hydrogen (secondary N) is 1. The number of carboxylic acid groups (broad SMARTS) is 1. The third kappa shape index (κ3) is 2.11. The van der Waals surface area contributed by atoms with Crippen LogP contribution >= 0.6 is 0 Å². The molecule has 3 rings (SSSR count). The Labute approximate surface area is 115 Å². The maximum Gasteiger partial charge on any atom is 0.337 e. The van der Waals surface area contributed by atoms with Crippen LogP contribution in [0.4, 0.5) is 11.5 Å². The van der Waals surface area contributed by atoms with E-state index in [0.717, 1.165) is 11.3 Å². The lowest BCUT2D eigenvalue weighted by Crippen LogP contribution is -2.14. The van der Waals surface area contributed by atoms with Gasteiger partial charge in [0.05, 0.1) is 17.3 Å². The van der Waals surface area contributed by atoms with Gasteiger partial charge in [0.2, 0.25) is 0 Å². The number of para-hydroxylation sites is 1. The summed E-state index contributed by atoms with van der Waals surface area (Å²) in [4.78, 5) is 14.9. The molecule has 1 atom stereocenters. The van der Waals surface area contributed by atoms with E-state index in [4.69, 9.17) is 15.6 Å². The first kappa shape index (κ1) is 12.3. The van der Waals surface area contributed by atoms with Gasteiger partial charge < -0.3 is 20.9 Å². The number of rotatable bonds is 3. The van der Waals surface area contributed by atoms with E-state index in [0.29, 0.717) is 18.1 Å². The summed E-state index contributed by atoms with van der Waals surface area (Å²) < 4.78 is 5.56. The van der Waals surface area contributed by atoms with Crippen LogP contribution < -0.4 is 15.8 Å². The number of aromatic nitrogens is 1. The third-order valence-electron chi connectivity index (χ3n) is 3.18. The fraction of sp³-hybridized carbons (Fsp3) is 0.143. The van der Waals surface area contributed by atoms with Gasteiger partial charge in [-0.3, -0.25) is 0 Å². The van der Waals surface area contributed by atoms with Crippen LogP contribution in [0.5, 0.6) is 5.75 Å². The van der Waals surface area contributed by atoms with Crippen LogP contribution in [0, 0.1) is 0 Å². The molecule has 2 aromatic rings. The minimum Gasteiger partial charge on any atom is -0.491 e. The number of hydrogen-bond donors (Lipinski definition) is 3. The number of nitrogen functional groups attached to an aromatic ring is 1. The molecule has 6 nitrogen and oxygen atoms in total. The van der Waals surface area contributed by atoms with Crippen LogP contribution in [0.15, 0.2) is 36.5 Å². The van der Waals surface area contributed by atoms with Gasteiger partial charge >= 0.3 is 5.97 Å². The van der Waals surface area contributed by atoms with E-state index in [2.05, 4.69) is 10.3 Å². The lowest BCUT2D eigenvalue weighted by atomic mass is 10.1. The second kappa shape index (κ2) is 4.73. The van der Waals surface area contributed by atoms with Crippen molar-refractivity contribution in [2.45, 2.75) is 6.04 Å². The molecule has 0 bridgehead atoms. The number of nitrogens with two attached hydrogens (primary N) is 1. The Bertz CT molecular complexity index is 672. The summed E-state index contributed by atoms with van der Waals surface area (Å²) in [6.07, 6.45) is 1.28. The van der Waals surface area contributed by atoms with Crippen molar-refractivity contribution in [3.63, 3.8) is 0 Å². The van der Waals surface area contributed by atoms with Gasteiger partial charge in [-0.15, -0.1) is 0 Å². The van der Waals surface area contributed by atoms with Gasteiger partial charge in [0, 0.05) is 11.8 Å². The maximum atomic E-state index is 10.8. The molecular formula is C14H13N3O3. The van der Waals surface area contributed by atoms with Gasteiger partial charge in [-0.1, -0.05) is 18.2 Å². The number of carbonyl (C=O) groups is 1. The average molecular weight is 271 g/mol. The van der Waals surface area contributed by atoms with Crippen molar-refractivity contribution < 1.29 is 14.6 Å². The van der Waals surface area contributed by atoms with Gasteiger partial charge in [-0.25, -0.2) is 9.78 Å². The van der Waals surface area contributed by atoms with E-state index in [1.165, 1.54) is 12.3 Å². The zero-order chi connectivity index (χ0) is 14.1. The third-order valence-corrected chi connectivity index (χ3v) is 3.18. The zero-order valence-corrected chi connectivity index (χ0v) is 10.5. The minimum absolute atomic E-state index is 0.0447. The standard InChI is InChI=1S/C14H13N3O3/c15-10-5-8(14(18)19)6-16-13(10)17-11-7-20-12-4-2-1-3-9(11)12/h1-6,11H,7,15H2,(H,16,17)(H,18,19). The molecule has 1 aromatic heterocycles. The lowest BCUT2D eigenvalue weighted by molar-refractivity contribution is 0.0696. The summed E-state index contributed by atoms with van der Waals surface area (Å²) in [6, 6.07) is 9.07. The molecule has 0 radical (unpaired) electrons. The van der Waals surface area contributed by atoms with Crippen molar-refractivity contribution in [2.24, 2.45) is 0 Å². The van der Waals surface area contributed by atoms with Crippen LogP contribution in [-0.2, 0) is 0 Å². The molecule has 2 heterocycles. The van der Waals surface area contributed by atoms with Crippen molar-refractivity contribution in [2.75, 3.05) is 17.7 Å². The van der Waals surface area contributed by atoms with E-state index in [-0.39, 0.29) is 11.6 Å². The maximum absolute atomic E-state index is 10.8. The molecule has 102 valence electrons. The number of hydrogen-bond acceptors (Lipinski definition) is 5. The number of fused-ring (bicyclic) bond motifs is 1. The molecule has 0 spiro atoms. The van der Waals surface area contributed by atoms with Crippen LogP contribution in [0.25, 0.3) is 0 Å². The number of aromatic carboxylic acids is 1. The normalized spacial score (nSPS) is 16.3. The highest BCUT2D eigenvalue weighted by molar-refractivity contribution is 5.89. The second-order valence-electron chi connectivity index (χ2n) is 4.51. The first-order valence-electron chi connectivity index (χ1n) is 6.12. The van der Waals surface area contributed by atoms with Gasteiger partial charge in [-0.05, 0) is 12.1 Å². The summed E-state index contributed by atoms with van der Waals surface area (Å²) in [5.41, 5.74) is 7.23. The van der Waals surface area contributed by atoms with Gasteiger partial charge in [-0.2, -0.15) is 0 Å². The van der Waals surface area contributed by atoms with E-state index < -0.39 is 5.97 Å². The Hall–Kier alpha value is -2.76. The van der Waals surface area contributed by atoms with Crippen molar-refractivity contribution in [1.29, 1.82) is 0 Å². The quantitative estimate of drug-likeness (QED) is 0.789. The number of ether oxygens (including phenoxy) is 1. The molecule has 0 aliphatic carbocycles. The van der Waals surface area contributed by atoms with E-state index in [1.54, 1.807) is 0 Å². The topological polar surface area (TPSA) is 97.5 Å². The number of anilines is 2. The fourth-order valence-corrected chi connectivity index (χ4v) is 2.17. The largest absolute Gasteiger partial charge is 0.491 e. The molecule has 4 N–H and O–H groups in total. The van der Waals surface area contributed by atoms with Crippen molar-refractivity contribution in [1.82, 2.24) is 4.98 Å². The fourth-order valence-electron chi connectivity index (χ4n) is 2.17. The van der Waals surface area contributed by atoms with Crippen molar-refractivity contribution >= 4 is 17.5 Å². The van der Waals surface area contributed by atoms with Gasteiger partial charge in [0.25, 0.3) is 0 Å². The molecule has 1 aliphatic heterocycles. The van der Waals surface area contributed by atoms with E-state index >= 15 is 0 Å². The second-order valence-corrected chi connectivity index (χ2v) is 4.51. The Morgan fingerprint density at radius 2 is 2.25 bits per heavy atom. The highest BCUT2D eigenvalue weighted by atomic mass is 16.5. The molecule has 6 heteroatoms. The first-order chi connectivity index (χ1) is 9.65. The van der Waals surface area contributed by atoms with Gasteiger partial charge in [0.1, 0.15) is 18.2 Å². The van der Waals surface area contributed by atoms with Crippen LogP contribution in [0.2, 0.25) is 0 Å². The predicted molar refractivity (Wildman–Crippen MR) is 73.9 cm³/mol. The molecule has 0 saturated carbocycles. The number of pyridine rings is 1. The molecule has 1 unspecified atom stereocenters. The summed E-state index contributed by atoms with van der Waals surface area (Å²) in [5.74, 6) is 0.247. The summed E-state index contributed by atoms with van der Waals surface area (Å²) >= 11 is 0. The smallest absolute Gasteiger partial charge is 0.337 e. The summed E-state index contributed by atoms with van der Waals surface area (Å²) in [7, 11) is 0. The monoisotopic (exact) mass is 271 g/mol. The van der Waals surface area contributed by atoms with E-state index in [1.807, 2.05) is 24.3 Å². The number of benzene rings is 1. The average Bonchev–Trinajstić information content (AvgIpc) is 2.84. The molecule has 0 saturated heterocycles. The molecule has 0 amide bonds. The Morgan fingerprint density at radius 1 is 1.45 bits per heavy atom. The summed E-state index contributed by atoms with van der Waals surface area (Å²) in [6.45, 7) is 0.487. The lowest BCUT2D eigenvalue weighted by Gasteiger charge is -2.14. The van der Waals surface area contributed by atoms with Crippen LogP contribution in [0.3, 0.4) is 0 Å². The van der Waals surface area contributed by atoms with Crippen molar-refractivity contribution in [3.8, 4) is 5.75 Å². The Kier molecular flexibility index (Phi) is 2.90. The number of carboxylic acids is 1. The van der Waals surface area contributed by atoms with E-state index in [9.17, 15) is 4.79 Å². The first-order valence-corrected chi connectivity index (χ1v) is 6.12. The van der Waals surface area contributed by atoms with Gasteiger partial charge in [0.15, 0.2) is 0 Å². The predicted octanol–water partition coefficient (Wildman–Crippen LogP) is 1.91. The molecule has 0 fully saturated rings. The SMILES string of the molecule is Nc1cc(C(=O)O)cnc1NC1COc2ccccc21. The molecule has 1 aromatic carbocycles.